The molecule has 9 heteroatoms. The largest absolute Gasteiger partial charge is 0.401 e. The van der Waals surface area contributed by atoms with Gasteiger partial charge in [0.05, 0.1) is 12.3 Å². The molecule has 2 rings (SSSR count). The Bertz CT molecular complexity index is 415. The first-order valence-corrected chi connectivity index (χ1v) is 8.37. The summed E-state index contributed by atoms with van der Waals surface area (Å²) in [4.78, 5) is 1.24. The first-order valence-electron chi connectivity index (χ1n) is 6.76. The molecule has 20 heavy (non-hydrogen) atoms. The number of alkyl halides is 3. The SMILES string of the molecule is O=S(=O)(CCNC1CC1)N1CCN(CC(F)(F)F)CC1. The zero-order valence-electron chi connectivity index (χ0n) is 11.2. The predicted octanol–water partition coefficient (Wildman–Crippen LogP) is 0.248. The molecular formula is C11H20F3N3O2S. The van der Waals surface area contributed by atoms with E-state index in [9.17, 15) is 21.6 Å². The molecule has 0 spiro atoms. The average Bonchev–Trinajstić information content (AvgIpc) is 3.11. The fourth-order valence-electron chi connectivity index (χ4n) is 2.23. The van der Waals surface area contributed by atoms with Crippen LogP contribution < -0.4 is 5.32 Å². The third kappa shape index (κ3) is 5.19. The second-order valence-electron chi connectivity index (χ2n) is 5.33. The molecule has 0 amide bonds. The molecule has 1 N–H and O–H groups in total. The van der Waals surface area contributed by atoms with Crippen molar-refractivity contribution in [1.82, 2.24) is 14.5 Å². The van der Waals surface area contributed by atoms with E-state index in [1.54, 1.807) is 0 Å². The van der Waals surface area contributed by atoms with E-state index in [1.165, 1.54) is 9.21 Å². The van der Waals surface area contributed by atoms with Gasteiger partial charge in [-0.1, -0.05) is 0 Å². The Labute approximate surface area is 117 Å². The molecule has 0 bridgehead atoms. The van der Waals surface area contributed by atoms with Gasteiger partial charge in [-0.3, -0.25) is 4.90 Å². The Morgan fingerprint density at radius 1 is 1.10 bits per heavy atom. The van der Waals surface area contributed by atoms with Crippen molar-refractivity contribution in [2.45, 2.75) is 25.1 Å². The van der Waals surface area contributed by atoms with Crippen molar-refractivity contribution in [3.05, 3.63) is 0 Å². The van der Waals surface area contributed by atoms with Gasteiger partial charge in [0.1, 0.15) is 0 Å². The quantitative estimate of drug-likeness (QED) is 0.763. The van der Waals surface area contributed by atoms with Crippen LogP contribution in [0.15, 0.2) is 0 Å². The lowest BCUT2D eigenvalue weighted by Gasteiger charge is -2.34. The second kappa shape index (κ2) is 6.17. The average molecular weight is 315 g/mol. The lowest BCUT2D eigenvalue weighted by Crippen LogP contribution is -2.51. The first kappa shape index (κ1) is 16.0. The minimum absolute atomic E-state index is 0.0166. The Morgan fingerprint density at radius 2 is 1.70 bits per heavy atom. The van der Waals surface area contributed by atoms with Crippen LogP contribution in [0.1, 0.15) is 12.8 Å². The minimum Gasteiger partial charge on any atom is -0.313 e. The van der Waals surface area contributed by atoms with Crippen LogP contribution in [0.2, 0.25) is 0 Å². The van der Waals surface area contributed by atoms with Gasteiger partial charge in [0.25, 0.3) is 0 Å². The Balaban J connectivity index is 1.73. The van der Waals surface area contributed by atoms with Crippen molar-refractivity contribution < 1.29 is 21.6 Å². The molecule has 0 atom stereocenters. The Kier molecular flexibility index (Phi) is 4.93. The van der Waals surface area contributed by atoms with Crippen LogP contribution in [0.25, 0.3) is 0 Å². The maximum Gasteiger partial charge on any atom is 0.401 e. The first-order chi connectivity index (χ1) is 9.26. The molecule has 118 valence electrons. The molecule has 2 aliphatic rings. The zero-order valence-corrected chi connectivity index (χ0v) is 12.0. The van der Waals surface area contributed by atoms with Crippen molar-refractivity contribution in [3.63, 3.8) is 0 Å². The highest BCUT2D eigenvalue weighted by atomic mass is 32.2. The number of halogens is 3. The third-order valence-electron chi connectivity index (χ3n) is 3.50. The zero-order chi connectivity index (χ0) is 14.8. The van der Waals surface area contributed by atoms with Crippen molar-refractivity contribution in [1.29, 1.82) is 0 Å². The molecule has 5 nitrogen and oxygen atoms in total. The van der Waals surface area contributed by atoms with Crippen molar-refractivity contribution in [2.75, 3.05) is 45.0 Å². The molecule has 1 heterocycles. The van der Waals surface area contributed by atoms with E-state index in [0.717, 1.165) is 12.8 Å². The Morgan fingerprint density at radius 3 is 2.20 bits per heavy atom. The van der Waals surface area contributed by atoms with E-state index in [1.807, 2.05) is 0 Å². The topological polar surface area (TPSA) is 52.7 Å². The summed E-state index contributed by atoms with van der Waals surface area (Å²) in [6.45, 7) is -0.00679. The third-order valence-corrected chi connectivity index (χ3v) is 5.37. The van der Waals surface area contributed by atoms with Gasteiger partial charge < -0.3 is 5.32 Å². The van der Waals surface area contributed by atoms with E-state index in [4.69, 9.17) is 0 Å². The number of hydrogen-bond donors (Lipinski definition) is 1. The number of hydrogen-bond acceptors (Lipinski definition) is 4. The highest BCUT2D eigenvalue weighted by Gasteiger charge is 2.34. The van der Waals surface area contributed by atoms with Crippen LogP contribution in [0.4, 0.5) is 13.2 Å². The van der Waals surface area contributed by atoms with Gasteiger partial charge in [0.2, 0.25) is 10.0 Å². The molecule has 1 saturated carbocycles. The van der Waals surface area contributed by atoms with Crippen LogP contribution in [-0.4, -0.2) is 74.9 Å². The van der Waals surface area contributed by atoms with Crippen LogP contribution in [0.5, 0.6) is 0 Å². The number of rotatable bonds is 6. The highest BCUT2D eigenvalue weighted by molar-refractivity contribution is 7.89. The lowest BCUT2D eigenvalue weighted by atomic mass is 10.3. The molecule has 0 radical (unpaired) electrons. The van der Waals surface area contributed by atoms with Gasteiger partial charge in [-0.05, 0) is 12.8 Å². The molecule has 0 aromatic rings. The fourth-order valence-corrected chi connectivity index (χ4v) is 3.58. The van der Waals surface area contributed by atoms with E-state index < -0.39 is 22.7 Å². The molecule has 0 aromatic heterocycles. The van der Waals surface area contributed by atoms with Crippen molar-refractivity contribution >= 4 is 10.0 Å². The molecule has 0 aromatic carbocycles. The molecule has 1 aliphatic carbocycles. The van der Waals surface area contributed by atoms with E-state index in [0.29, 0.717) is 12.6 Å². The molecule has 1 aliphatic heterocycles. The summed E-state index contributed by atoms with van der Waals surface area (Å²) in [5, 5.41) is 3.13. The van der Waals surface area contributed by atoms with E-state index >= 15 is 0 Å². The standard InChI is InChI=1S/C11H20F3N3O2S/c12-11(13,14)9-16-4-6-17(7-5-16)20(18,19)8-3-15-10-1-2-10/h10,15H,1-9H2. The molecular weight excluding hydrogens is 295 g/mol. The number of piperazine rings is 1. The maximum atomic E-state index is 12.2. The summed E-state index contributed by atoms with van der Waals surface area (Å²) in [5.74, 6) is 0.0166. The van der Waals surface area contributed by atoms with Crippen LogP contribution in [-0.2, 0) is 10.0 Å². The van der Waals surface area contributed by atoms with Gasteiger partial charge >= 0.3 is 6.18 Å². The second-order valence-corrected chi connectivity index (χ2v) is 7.42. The van der Waals surface area contributed by atoms with Gasteiger partial charge in [-0.25, -0.2) is 8.42 Å². The monoisotopic (exact) mass is 315 g/mol. The number of nitrogens with zero attached hydrogens (tertiary/aromatic N) is 2. The van der Waals surface area contributed by atoms with E-state index in [-0.39, 0.29) is 31.9 Å². The number of sulfonamides is 1. The summed E-state index contributed by atoms with van der Waals surface area (Å²) in [5.41, 5.74) is 0. The highest BCUT2D eigenvalue weighted by Crippen LogP contribution is 2.19. The van der Waals surface area contributed by atoms with Gasteiger partial charge in [0, 0.05) is 38.8 Å². The molecule has 2 fully saturated rings. The number of nitrogens with one attached hydrogen (secondary N) is 1. The lowest BCUT2D eigenvalue weighted by molar-refractivity contribution is -0.148. The molecule has 1 saturated heterocycles. The smallest absolute Gasteiger partial charge is 0.313 e. The summed E-state index contributed by atoms with van der Waals surface area (Å²) in [6, 6.07) is 0.453. The van der Waals surface area contributed by atoms with Crippen LogP contribution in [0, 0.1) is 0 Å². The fraction of sp³-hybridized carbons (Fsp3) is 1.00. The normalized spacial score (nSPS) is 23.1. The van der Waals surface area contributed by atoms with Crippen molar-refractivity contribution in [3.8, 4) is 0 Å². The van der Waals surface area contributed by atoms with Gasteiger partial charge in [0.15, 0.2) is 0 Å². The van der Waals surface area contributed by atoms with Gasteiger partial charge in [-0.2, -0.15) is 17.5 Å². The summed E-state index contributed by atoms with van der Waals surface area (Å²) in [7, 11) is -3.36. The summed E-state index contributed by atoms with van der Waals surface area (Å²) in [6.07, 6.45) is -2.04. The van der Waals surface area contributed by atoms with Gasteiger partial charge in [-0.15, -0.1) is 0 Å². The van der Waals surface area contributed by atoms with Crippen LogP contribution in [0.3, 0.4) is 0 Å². The molecule has 0 unspecified atom stereocenters. The predicted molar refractivity (Wildman–Crippen MR) is 68.9 cm³/mol. The van der Waals surface area contributed by atoms with Crippen LogP contribution >= 0.6 is 0 Å². The maximum absolute atomic E-state index is 12.2. The van der Waals surface area contributed by atoms with E-state index in [2.05, 4.69) is 5.32 Å². The summed E-state index contributed by atoms with van der Waals surface area (Å²) >= 11 is 0. The minimum atomic E-state index is -4.23. The van der Waals surface area contributed by atoms with Crippen molar-refractivity contribution in [2.24, 2.45) is 0 Å². The summed E-state index contributed by atoms with van der Waals surface area (Å²) < 4.78 is 62.1. The Hall–Kier alpha value is -0.380.